The van der Waals surface area contributed by atoms with Gasteiger partial charge in [0.1, 0.15) is 0 Å². The zero-order valence-corrected chi connectivity index (χ0v) is 4.09. The number of hydrogen-bond donors (Lipinski definition) is 2. The van der Waals surface area contributed by atoms with Crippen molar-refractivity contribution < 1.29 is 26.7 Å². The van der Waals surface area contributed by atoms with Crippen LogP contribution in [-0.4, -0.2) is 10.2 Å². The second kappa shape index (κ2) is 73.1. The van der Waals surface area contributed by atoms with Gasteiger partial charge in [-0.1, -0.05) is 0 Å². The Morgan fingerprint density at radius 3 is 1.00 bits per heavy atom. The van der Waals surface area contributed by atoms with Crippen LogP contribution in [0, 0.1) is 23.0 Å². The average Bonchev–Trinajstić information content (AvgIpc) is 1.39. The van der Waals surface area contributed by atoms with Crippen molar-refractivity contribution in [3.63, 3.8) is 0 Å². The molecule has 0 radical (unpaired) electrons. The van der Waals surface area contributed by atoms with Crippen molar-refractivity contribution in [2.24, 2.45) is 0 Å². The van der Waals surface area contributed by atoms with Crippen LogP contribution in [-0.2, 0) is 16.5 Å². The van der Waals surface area contributed by atoms with Crippen LogP contribution in [0.3, 0.4) is 0 Å². The Hall–Kier alpha value is -0.926. The monoisotopic (exact) mass is 144 g/mol. The number of rotatable bonds is 0. The van der Waals surface area contributed by atoms with E-state index in [9.17, 15) is 0 Å². The Balaban J connectivity index is -0.0000000400. The number of aliphatic hydroxyl groups is 2. The number of nitriles is 2. The summed E-state index contributed by atoms with van der Waals surface area (Å²) in [5.41, 5.74) is 0. The molecule has 0 aliphatic carbocycles. The fourth-order valence-corrected chi connectivity index (χ4v) is 0. The van der Waals surface area contributed by atoms with Crippen LogP contribution in [0.5, 0.6) is 0 Å². The molecule has 0 saturated carbocycles. The number of hydrogen-bond acceptors (Lipinski definition) is 4. The van der Waals surface area contributed by atoms with Gasteiger partial charge in [-0.3, -0.25) is 0 Å². The van der Waals surface area contributed by atoms with Gasteiger partial charge in [0.25, 0.3) is 12.5 Å². The summed E-state index contributed by atoms with van der Waals surface area (Å²) in [5, 5.41) is 27.5. The normalized spacial score (nSPS) is 2.00. The van der Waals surface area contributed by atoms with Gasteiger partial charge in [0.2, 0.25) is 0 Å². The van der Waals surface area contributed by atoms with E-state index >= 15 is 0 Å². The Bertz CT molecular complexity index is 68.7. The maximum Gasteiger partial charge on any atom is 0.283 e. The molecule has 0 unspecified atom stereocenters. The van der Waals surface area contributed by atoms with Crippen LogP contribution in [0.25, 0.3) is 0 Å². The van der Waals surface area contributed by atoms with E-state index in [1.807, 2.05) is 0 Å². The zero-order chi connectivity index (χ0) is 5.41. The summed E-state index contributed by atoms with van der Waals surface area (Å²) >= 11 is 0. The van der Waals surface area contributed by atoms with E-state index < -0.39 is 0 Å². The van der Waals surface area contributed by atoms with Crippen LogP contribution in [0.15, 0.2) is 0 Å². The molecule has 0 spiro atoms. The summed E-state index contributed by atoms with van der Waals surface area (Å²) in [6, 6.07) is 0. The fourth-order valence-electron chi connectivity index (χ4n) is 0. The van der Waals surface area contributed by atoms with Gasteiger partial charge in [-0.25, -0.2) is 0 Å². The molecule has 42 valence electrons. The van der Waals surface area contributed by atoms with Crippen molar-refractivity contribution in [2.75, 3.05) is 0 Å². The largest absolute Gasteiger partial charge is 0.443 e. The molecule has 0 saturated heterocycles. The smallest absolute Gasteiger partial charge is 0.283 e. The van der Waals surface area contributed by atoms with E-state index in [1.165, 1.54) is 0 Å². The average molecular weight is 145 g/mol. The van der Waals surface area contributed by atoms with E-state index in [0.29, 0.717) is 0 Å². The first-order chi connectivity index (χ1) is 2.83. The first-order valence-corrected chi connectivity index (χ1v) is 0.894. The predicted octanol–water partition coefficient (Wildman–Crippen LogP) is -0.323. The third-order valence-electron chi connectivity index (χ3n) is 0. The van der Waals surface area contributed by atoms with Gasteiger partial charge < -0.3 is 10.2 Å². The summed E-state index contributed by atoms with van der Waals surface area (Å²) in [4.78, 5) is 0. The van der Waals surface area contributed by atoms with Crippen molar-refractivity contribution in [3.05, 3.63) is 0 Å². The van der Waals surface area contributed by atoms with E-state index in [-0.39, 0.29) is 16.5 Å². The number of aliphatic hydroxyl groups excluding tert-OH is 2. The van der Waals surface area contributed by atoms with Crippen molar-refractivity contribution in [3.8, 4) is 12.5 Å². The molecule has 0 rings (SSSR count). The summed E-state index contributed by atoms with van der Waals surface area (Å²) in [5.74, 6) is 0. The van der Waals surface area contributed by atoms with Crippen LogP contribution >= 0.6 is 0 Å². The topological polar surface area (TPSA) is 88.0 Å². The van der Waals surface area contributed by atoms with Gasteiger partial charge in [-0.15, -0.1) is 0 Å². The molecule has 0 aromatic rings. The third kappa shape index (κ3) is 55.8. The Labute approximate surface area is 50.5 Å². The molecule has 7 heavy (non-hydrogen) atoms. The molecule has 5 heteroatoms. The molecule has 0 bridgehead atoms. The van der Waals surface area contributed by atoms with Gasteiger partial charge in [0.15, 0.2) is 0 Å². The Kier molecular flexibility index (Phi) is 173. The number of nitrogens with zero attached hydrogens (tertiary/aromatic N) is 2. The van der Waals surface area contributed by atoms with Gasteiger partial charge >= 0.3 is 0 Å². The van der Waals surface area contributed by atoms with E-state index in [4.69, 9.17) is 20.7 Å². The molecule has 0 heterocycles. The summed E-state index contributed by atoms with van der Waals surface area (Å²) in [7, 11) is 0. The van der Waals surface area contributed by atoms with E-state index in [2.05, 4.69) is 0 Å². The van der Waals surface area contributed by atoms with Crippen LogP contribution in [0.4, 0.5) is 0 Å². The Morgan fingerprint density at radius 1 is 1.00 bits per heavy atom. The molecule has 0 aromatic heterocycles. The minimum atomic E-state index is 0. The minimum Gasteiger partial charge on any atom is -0.443 e. The molecule has 0 aliphatic heterocycles. The second-order valence-corrected chi connectivity index (χ2v) is 0.200. The van der Waals surface area contributed by atoms with Crippen molar-refractivity contribution in [2.45, 2.75) is 0 Å². The molecule has 0 aliphatic rings. The maximum absolute atomic E-state index is 6.88. The summed E-state index contributed by atoms with van der Waals surface area (Å²) in [6.07, 6.45) is 1.50. The van der Waals surface area contributed by atoms with Gasteiger partial charge in [0.05, 0.1) is 0 Å². The van der Waals surface area contributed by atoms with Gasteiger partial charge in [-0.2, -0.15) is 10.5 Å². The quantitative estimate of drug-likeness (QED) is 0.360. The molecule has 0 aromatic carbocycles. The van der Waals surface area contributed by atoms with Crippen molar-refractivity contribution in [1.29, 1.82) is 10.5 Å². The molecule has 0 fully saturated rings. The maximum atomic E-state index is 6.88. The van der Waals surface area contributed by atoms with Gasteiger partial charge in [-0.05, 0) is 0 Å². The van der Waals surface area contributed by atoms with Gasteiger partial charge in [0, 0.05) is 16.5 Å². The van der Waals surface area contributed by atoms with Crippen LogP contribution in [0.1, 0.15) is 0 Å². The summed E-state index contributed by atoms with van der Waals surface area (Å²) < 4.78 is 0. The molecule has 0 atom stereocenters. The SMILES string of the molecule is N#CO.N#CO.[Ni]. The van der Waals surface area contributed by atoms with Crippen LogP contribution in [0.2, 0.25) is 0 Å². The zero-order valence-electron chi connectivity index (χ0n) is 3.11. The third-order valence-corrected chi connectivity index (χ3v) is 0. The molecule has 2 N–H and O–H groups in total. The first kappa shape index (κ1) is 16.5. The van der Waals surface area contributed by atoms with E-state index in [1.54, 1.807) is 0 Å². The molecular formula is C2H2N2NiO2. The van der Waals surface area contributed by atoms with Crippen LogP contribution < -0.4 is 0 Å². The molecule has 0 amide bonds. The standard InChI is InChI=1S/2CHNO.Ni/c2*2-1-3;/h2*3H;. The molecular weight excluding hydrogens is 143 g/mol. The van der Waals surface area contributed by atoms with Crippen molar-refractivity contribution in [1.82, 2.24) is 0 Å². The minimum absolute atomic E-state index is 0. The van der Waals surface area contributed by atoms with E-state index in [0.717, 1.165) is 12.5 Å². The first-order valence-electron chi connectivity index (χ1n) is 0.894. The summed E-state index contributed by atoms with van der Waals surface area (Å²) in [6.45, 7) is 0. The second-order valence-electron chi connectivity index (χ2n) is 0.200. The Morgan fingerprint density at radius 2 is 1.00 bits per heavy atom. The predicted molar refractivity (Wildman–Crippen MR) is 15.1 cm³/mol. The van der Waals surface area contributed by atoms with Crippen molar-refractivity contribution >= 4 is 0 Å². The fraction of sp³-hybridized carbons (Fsp3) is 0. The molecule has 4 nitrogen and oxygen atoms in total.